The van der Waals surface area contributed by atoms with Crippen LogP contribution >= 0.6 is 24.0 Å². The van der Waals surface area contributed by atoms with Crippen molar-refractivity contribution in [3.05, 3.63) is 18.5 Å². The van der Waals surface area contributed by atoms with Crippen molar-refractivity contribution < 1.29 is 0 Å². The van der Waals surface area contributed by atoms with Crippen LogP contribution in [0.4, 0.5) is 0 Å². The van der Waals surface area contributed by atoms with Crippen molar-refractivity contribution in [3.8, 4) is 0 Å². The van der Waals surface area contributed by atoms with Gasteiger partial charge in [-0.15, -0.1) is 24.0 Å². The summed E-state index contributed by atoms with van der Waals surface area (Å²) in [6, 6.07) is 2.40. The maximum atomic E-state index is 4.26. The zero-order valence-electron chi connectivity index (χ0n) is 13.5. The number of nitrogens with zero attached hydrogens (tertiary/aromatic N) is 3. The topological polar surface area (TPSA) is 54.2 Å². The van der Waals surface area contributed by atoms with Crippen LogP contribution in [-0.4, -0.2) is 35.4 Å². The molecule has 0 saturated heterocycles. The minimum absolute atomic E-state index is 0. The summed E-state index contributed by atoms with van der Waals surface area (Å²) in [6.45, 7) is 6.13. The molecule has 0 fully saturated rings. The third kappa shape index (κ3) is 9.71. The quantitative estimate of drug-likeness (QED) is 0.286. The molecule has 0 aliphatic carbocycles. The van der Waals surface area contributed by atoms with Crippen LogP contribution in [-0.2, 0) is 6.54 Å². The lowest BCUT2D eigenvalue weighted by molar-refractivity contribution is 0.532. The highest BCUT2D eigenvalue weighted by molar-refractivity contribution is 14.0. The smallest absolute Gasteiger partial charge is 0.191 e. The fraction of sp³-hybridized carbons (Fsp3) is 0.733. The summed E-state index contributed by atoms with van der Waals surface area (Å²) in [5.41, 5.74) is 0. The molecule has 122 valence electrons. The van der Waals surface area contributed by atoms with Crippen LogP contribution in [0.25, 0.3) is 0 Å². The standard InChI is InChI=1S/C15H29N5.HI/c1-4-5-6-7-9-14(2)19-15(16-3)17-11-13-20-12-8-10-18-20;/h8,10,12,14H,4-7,9,11,13H2,1-3H3,(H2,16,17,19);1H. The minimum Gasteiger partial charge on any atom is -0.355 e. The van der Waals surface area contributed by atoms with E-state index in [1.165, 1.54) is 32.1 Å². The van der Waals surface area contributed by atoms with Gasteiger partial charge in [0.2, 0.25) is 0 Å². The third-order valence-corrected chi connectivity index (χ3v) is 3.29. The largest absolute Gasteiger partial charge is 0.355 e. The molecule has 1 heterocycles. The zero-order valence-corrected chi connectivity index (χ0v) is 15.8. The molecule has 21 heavy (non-hydrogen) atoms. The highest BCUT2D eigenvalue weighted by atomic mass is 127. The van der Waals surface area contributed by atoms with Crippen LogP contribution in [0.2, 0.25) is 0 Å². The van der Waals surface area contributed by atoms with Crippen LogP contribution in [0, 0.1) is 0 Å². The number of nitrogens with one attached hydrogen (secondary N) is 2. The monoisotopic (exact) mass is 407 g/mol. The molecule has 0 bridgehead atoms. The molecule has 0 radical (unpaired) electrons. The molecule has 0 spiro atoms. The van der Waals surface area contributed by atoms with Gasteiger partial charge in [-0.2, -0.15) is 5.10 Å². The molecule has 1 aromatic heterocycles. The average molecular weight is 407 g/mol. The first-order chi connectivity index (χ1) is 9.76. The lowest BCUT2D eigenvalue weighted by Crippen LogP contribution is -2.43. The Morgan fingerprint density at radius 1 is 1.33 bits per heavy atom. The summed E-state index contributed by atoms with van der Waals surface area (Å²) >= 11 is 0. The van der Waals surface area contributed by atoms with Gasteiger partial charge >= 0.3 is 0 Å². The summed E-state index contributed by atoms with van der Waals surface area (Å²) in [7, 11) is 1.81. The second-order valence-corrected chi connectivity index (χ2v) is 5.16. The Morgan fingerprint density at radius 3 is 2.76 bits per heavy atom. The molecule has 1 aromatic rings. The average Bonchev–Trinajstić information content (AvgIpc) is 2.95. The van der Waals surface area contributed by atoms with E-state index in [9.17, 15) is 0 Å². The molecule has 1 atom stereocenters. The fourth-order valence-corrected chi connectivity index (χ4v) is 2.10. The predicted molar refractivity (Wildman–Crippen MR) is 100 cm³/mol. The molecule has 0 amide bonds. The lowest BCUT2D eigenvalue weighted by atomic mass is 10.1. The molecule has 0 saturated carbocycles. The van der Waals surface area contributed by atoms with Gasteiger partial charge in [0.15, 0.2) is 5.96 Å². The number of hydrogen-bond acceptors (Lipinski definition) is 2. The number of aromatic nitrogens is 2. The predicted octanol–water partition coefficient (Wildman–Crippen LogP) is 3.03. The Balaban J connectivity index is 0.00000400. The number of aliphatic imine (C=N–C) groups is 1. The Bertz CT molecular complexity index is 364. The van der Waals surface area contributed by atoms with Crippen LogP contribution < -0.4 is 10.6 Å². The first-order valence-corrected chi connectivity index (χ1v) is 7.71. The summed E-state index contributed by atoms with van der Waals surface area (Å²) in [4.78, 5) is 4.26. The normalized spacial score (nSPS) is 12.6. The van der Waals surface area contributed by atoms with Crippen molar-refractivity contribution in [1.82, 2.24) is 20.4 Å². The summed E-state index contributed by atoms with van der Waals surface area (Å²) in [5, 5.41) is 10.9. The molecule has 0 aliphatic heterocycles. The van der Waals surface area contributed by atoms with E-state index < -0.39 is 0 Å². The highest BCUT2D eigenvalue weighted by Gasteiger charge is 2.04. The van der Waals surface area contributed by atoms with Gasteiger partial charge in [0.25, 0.3) is 0 Å². The van der Waals surface area contributed by atoms with Gasteiger partial charge in [0.05, 0.1) is 6.54 Å². The van der Waals surface area contributed by atoms with E-state index in [1.54, 1.807) is 6.20 Å². The fourth-order valence-electron chi connectivity index (χ4n) is 2.10. The van der Waals surface area contributed by atoms with E-state index in [-0.39, 0.29) is 24.0 Å². The molecule has 2 N–H and O–H groups in total. The Kier molecular flexibility index (Phi) is 12.4. The van der Waals surface area contributed by atoms with Crippen LogP contribution in [0.15, 0.2) is 23.5 Å². The number of rotatable bonds is 9. The van der Waals surface area contributed by atoms with Crippen LogP contribution in [0.5, 0.6) is 0 Å². The molecule has 1 rings (SSSR count). The Labute approximate surface area is 146 Å². The number of halogens is 1. The molecule has 0 aromatic carbocycles. The van der Waals surface area contributed by atoms with Crippen molar-refractivity contribution in [2.75, 3.05) is 13.6 Å². The summed E-state index contributed by atoms with van der Waals surface area (Å²) < 4.78 is 1.91. The minimum atomic E-state index is 0. The van der Waals surface area contributed by atoms with Crippen LogP contribution in [0.3, 0.4) is 0 Å². The zero-order chi connectivity index (χ0) is 14.6. The molecular formula is C15H30IN5. The van der Waals surface area contributed by atoms with Gasteiger partial charge in [-0.05, 0) is 19.4 Å². The third-order valence-electron chi connectivity index (χ3n) is 3.29. The second-order valence-electron chi connectivity index (χ2n) is 5.16. The van der Waals surface area contributed by atoms with E-state index in [0.29, 0.717) is 6.04 Å². The molecule has 5 nitrogen and oxygen atoms in total. The maximum Gasteiger partial charge on any atom is 0.191 e. The van der Waals surface area contributed by atoms with E-state index in [4.69, 9.17) is 0 Å². The van der Waals surface area contributed by atoms with Gasteiger partial charge in [-0.1, -0.05) is 32.6 Å². The van der Waals surface area contributed by atoms with Crippen molar-refractivity contribution in [2.24, 2.45) is 4.99 Å². The van der Waals surface area contributed by atoms with Gasteiger partial charge in [-0.25, -0.2) is 0 Å². The van der Waals surface area contributed by atoms with Gasteiger partial charge < -0.3 is 10.6 Å². The number of unbranched alkanes of at least 4 members (excludes halogenated alkanes) is 3. The lowest BCUT2D eigenvalue weighted by Gasteiger charge is -2.17. The van der Waals surface area contributed by atoms with Crippen LogP contribution in [0.1, 0.15) is 46.0 Å². The Morgan fingerprint density at radius 2 is 2.14 bits per heavy atom. The van der Waals surface area contributed by atoms with Crippen molar-refractivity contribution in [2.45, 2.75) is 58.5 Å². The first kappa shape index (κ1) is 20.2. The molecule has 6 heteroatoms. The van der Waals surface area contributed by atoms with E-state index in [2.05, 4.69) is 34.6 Å². The maximum absolute atomic E-state index is 4.26. The van der Waals surface area contributed by atoms with Crippen molar-refractivity contribution in [3.63, 3.8) is 0 Å². The second kappa shape index (κ2) is 12.9. The van der Waals surface area contributed by atoms with E-state index >= 15 is 0 Å². The highest BCUT2D eigenvalue weighted by Crippen LogP contribution is 2.04. The summed E-state index contributed by atoms with van der Waals surface area (Å²) in [5.74, 6) is 0.875. The van der Waals surface area contributed by atoms with Crippen molar-refractivity contribution in [1.29, 1.82) is 0 Å². The number of guanidine groups is 1. The Hall–Kier alpha value is -0.790. The molecule has 0 aliphatic rings. The molecule has 1 unspecified atom stereocenters. The van der Waals surface area contributed by atoms with E-state index in [0.717, 1.165) is 19.0 Å². The summed E-state index contributed by atoms with van der Waals surface area (Å²) in [6.07, 6.45) is 10.2. The van der Waals surface area contributed by atoms with Gasteiger partial charge in [-0.3, -0.25) is 9.67 Å². The SMILES string of the molecule is CCCCCCC(C)NC(=NC)NCCn1cccn1.I. The van der Waals surface area contributed by atoms with Crippen molar-refractivity contribution >= 4 is 29.9 Å². The van der Waals surface area contributed by atoms with Gasteiger partial charge in [0.1, 0.15) is 0 Å². The number of hydrogen-bond donors (Lipinski definition) is 2. The first-order valence-electron chi connectivity index (χ1n) is 7.71. The van der Waals surface area contributed by atoms with E-state index in [1.807, 2.05) is 24.0 Å². The molecular weight excluding hydrogens is 377 g/mol. The van der Waals surface area contributed by atoms with Gasteiger partial charge in [0, 0.05) is 32.0 Å².